The molecule has 0 saturated heterocycles. The minimum atomic E-state index is -0.417. The van der Waals surface area contributed by atoms with Crippen LogP contribution in [0.15, 0.2) is 52.3 Å². The molecule has 2 aromatic rings. The Balaban J connectivity index is 2.06. The van der Waals surface area contributed by atoms with E-state index in [2.05, 4.69) is 15.4 Å². The van der Waals surface area contributed by atoms with Crippen LogP contribution in [0.4, 0.5) is 11.5 Å². The summed E-state index contributed by atoms with van der Waals surface area (Å²) in [6.45, 7) is 1.20. The molecule has 124 valence electrons. The van der Waals surface area contributed by atoms with E-state index in [0.29, 0.717) is 24.6 Å². The number of aliphatic hydroxyl groups is 1. The van der Waals surface area contributed by atoms with Gasteiger partial charge in [0.25, 0.3) is 0 Å². The standard InChI is InChI=1S/C16H16ClN5O2/c17-10-8-11(14(24)9-13(10)23)20-15-12-4-1-2-7-22(12)21-16(15)19-6-3-5-18/h1-2,4,7-9,23H,3,5-6,18H2,(H,19,21). The smallest absolute Gasteiger partial charge is 0.207 e. The maximum atomic E-state index is 12.0. The monoisotopic (exact) mass is 345 g/mol. The molecule has 0 spiro atoms. The van der Waals surface area contributed by atoms with Crippen LogP contribution in [-0.4, -0.2) is 39.3 Å². The van der Waals surface area contributed by atoms with Gasteiger partial charge in [0.2, 0.25) is 5.78 Å². The van der Waals surface area contributed by atoms with Gasteiger partial charge in [0, 0.05) is 18.8 Å². The third kappa shape index (κ3) is 3.17. The van der Waals surface area contributed by atoms with E-state index < -0.39 is 5.78 Å². The van der Waals surface area contributed by atoms with Crippen molar-refractivity contribution in [3.05, 3.63) is 47.3 Å². The number of carbonyl (C=O) groups is 1. The van der Waals surface area contributed by atoms with E-state index in [0.717, 1.165) is 18.0 Å². The molecular weight excluding hydrogens is 330 g/mol. The molecule has 0 radical (unpaired) electrons. The quantitative estimate of drug-likeness (QED) is 0.569. The molecule has 0 fully saturated rings. The number of rotatable bonds is 5. The Bertz CT molecular complexity index is 882. The van der Waals surface area contributed by atoms with Gasteiger partial charge >= 0.3 is 0 Å². The summed E-state index contributed by atoms with van der Waals surface area (Å²) in [5, 5.41) is 17.2. The number of nitrogens with one attached hydrogen (secondary N) is 1. The van der Waals surface area contributed by atoms with Gasteiger partial charge in [-0.3, -0.25) is 4.79 Å². The van der Waals surface area contributed by atoms with Gasteiger partial charge in [-0.1, -0.05) is 17.7 Å². The van der Waals surface area contributed by atoms with Crippen molar-refractivity contribution in [2.24, 2.45) is 10.7 Å². The summed E-state index contributed by atoms with van der Waals surface area (Å²) in [5.74, 6) is -0.125. The molecule has 2 heterocycles. The van der Waals surface area contributed by atoms with Crippen LogP contribution in [0.1, 0.15) is 6.42 Å². The number of aliphatic imine (C=N–C) groups is 1. The maximum absolute atomic E-state index is 12.0. The largest absolute Gasteiger partial charge is 0.506 e. The van der Waals surface area contributed by atoms with Gasteiger partial charge < -0.3 is 16.2 Å². The molecule has 0 unspecified atom stereocenters. The number of nitrogens with two attached hydrogens (primary N) is 1. The summed E-state index contributed by atoms with van der Waals surface area (Å²) in [6, 6.07) is 5.57. The van der Waals surface area contributed by atoms with E-state index >= 15 is 0 Å². The third-order valence-corrected chi connectivity index (χ3v) is 3.75. The van der Waals surface area contributed by atoms with Crippen molar-refractivity contribution >= 4 is 40.1 Å². The molecule has 24 heavy (non-hydrogen) atoms. The zero-order valence-electron chi connectivity index (χ0n) is 12.7. The first-order chi connectivity index (χ1) is 11.6. The number of hydrogen-bond donors (Lipinski definition) is 3. The number of pyridine rings is 1. The fourth-order valence-corrected chi connectivity index (χ4v) is 2.42. The summed E-state index contributed by atoms with van der Waals surface area (Å²) >= 11 is 5.89. The number of hydrogen-bond acceptors (Lipinski definition) is 6. The van der Waals surface area contributed by atoms with Crippen LogP contribution in [0.3, 0.4) is 0 Å². The summed E-state index contributed by atoms with van der Waals surface area (Å²) in [6.07, 6.45) is 4.97. The van der Waals surface area contributed by atoms with Gasteiger partial charge in [0.05, 0.1) is 10.5 Å². The minimum absolute atomic E-state index is 0.0717. The average molecular weight is 346 g/mol. The molecule has 0 amide bonds. The SMILES string of the molecule is NCCCNc1nn2ccccc2c1N=C1C=C(Cl)C(O)=CC1=O. The topological polar surface area (TPSA) is 105 Å². The Morgan fingerprint density at radius 3 is 3.00 bits per heavy atom. The van der Waals surface area contributed by atoms with E-state index in [1.807, 2.05) is 18.2 Å². The number of fused-ring (bicyclic) bond motifs is 1. The Morgan fingerprint density at radius 2 is 2.21 bits per heavy atom. The molecule has 0 saturated carbocycles. The molecule has 1 aliphatic rings. The molecule has 7 nitrogen and oxygen atoms in total. The molecule has 4 N–H and O–H groups in total. The van der Waals surface area contributed by atoms with E-state index in [4.69, 9.17) is 17.3 Å². The number of nitrogens with zero attached hydrogens (tertiary/aromatic N) is 3. The van der Waals surface area contributed by atoms with Gasteiger partial charge in [-0.05, 0) is 31.2 Å². The zero-order chi connectivity index (χ0) is 17.1. The molecule has 3 rings (SSSR count). The van der Waals surface area contributed by atoms with Gasteiger partial charge in [-0.15, -0.1) is 5.10 Å². The number of aromatic nitrogens is 2. The summed E-state index contributed by atoms with van der Waals surface area (Å²) in [4.78, 5) is 16.5. The summed E-state index contributed by atoms with van der Waals surface area (Å²) in [7, 11) is 0. The average Bonchev–Trinajstić information content (AvgIpc) is 2.91. The third-order valence-electron chi connectivity index (χ3n) is 3.45. The van der Waals surface area contributed by atoms with Crippen LogP contribution < -0.4 is 11.1 Å². The second-order valence-electron chi connectivity index (χ2n) is 5.18. The van der Waals surface area contributed by atoms with Crippen molar-refractivity contribution in [1.29, 1.82) is 0 Å². The minimum Gasteiger partial charge on any atom is -0.506 e. The zero-order valence-corrected chi connectivity index (χ0v) is 13.5. The number of ketones is 1. The molecule has 1 aliphatic carbocycles. The van der Waals surface area contributed by atoms with Gasteiger partial charge in [-0.2, -0.15) is 0 Å². The molecule has 0 bridgehead atoms. The Labute approximate surface area is 143 Å². The van der Waals surface area contributed by atoms with Crippen molar-refractivity contribution in [2.45, 2.75) is 6.42 Å². The molecule has 0 atom stereocenters. The van der Waals surface area contributed by atoms with Crippen LogP contribution in [0.2, 0.25) is 0 Å². The Morgan fingerprint density at radius 1 is 1.38 bits per heavy atom. The van der Waals surface area contributed by atoms with Crippen molar-refractivity contribution in [1.82, 2.24) is 9.61 Å². The number of allylic oxidation sites excluding steroid dienone is 3. The van der Waals surface area contributed by atoms with Crippen molar-refractivity contribution in [3.8, 4) is 0 Å². The maximum Gasteiger partial charge on any atom is 0.207 e. The second-order valence-corrected chi connectivity index (χ2v) is 5.59. The second kappa shape index (κ2) is 6.86. The van der Waals surface area contributed by atoms with Crippen LogP contribution in [0.25, 0.3) is 5.52 Å². The van der Waals surface area contributed by atoms with Crippen LogP contribution in [0.5, 0.6) is 0 Å². The number of halogens is 1. The normalized spacial score (nSPS) is 16.4. The van der Waals surface area contributed by atoms with Crippen LogP contribution >= 0.6 is 11.6 Å². The fourth-order valence-electron chi connectivity index (χ4n) is 2.26. The van der Waals surface area contributed by atoms with Crippen molar-refractivity contribution < 1.29 is 9.90 Å². The Hall–Kier alpha value is -2.64. The van der Waals surface area contributed by atoms with E-state index in [9.17, 15) is 9.90 Å². The molecule has 2 aromatic heterocycles. The van der Waals surface area contributed by atoms with E-state index in [-0.39, 0.29) is 16.5 Å². The van der Waals surface area contributed by atoms with Gasteiger partial charge in [0.15, 0.2) is 5.82 Å². The van der Waals surface area contributed by atoms with Crippen molar-refractivity contribution in [3.63, 3.8) is 0 Å². The molecule has 0 aliphatic heterocycles. The highest BCUT2D eigenvalue weighted by molar-refractivity contribution is 6.52. The van der Waals surface area contributed by atoms with E-state index in [1.165, 1.54) is 6.08 Å². The fraction of sp³-hybridized carbons (Fsp3) is 0.188. The van der Waals surface area contributed by atoms with Crippen LogP contribution in [-0.2, 0) is 4.79 Å². The first-order valence-electron chi connectivity index (χ1n) is 7.42. The summed E-state index contributed by atoms with van der Waals surface area (Å²) in [5.41, 5.74) is 6.93. The lowest BCUT2D eigenvalue weighted by Crippen LogP contribution is -2.14. The summed E-state index contributed by atoms with van der Waals surface area (Å²) < 4.78 is 1.68. The number of carbonyl (C=O) groups excluding carboxylic acids is 1. The van der Waals surface area contributed by atoms with Crippen molar-refractivity contribution in [2.75, 3.05) is 18.4 Å². The number of anilines is 1. The molecule has 0 aromatic carbocycles. The predicted molar refractivity (Wildman–Crippen MR) is 94.1 cm³/mol. The highest BCUT2D eigenvalue weighted by atomic mass is 35.5. The number of aliphatic hydroxyl groups excluding tert-OH is 1. The lowest BCUT2D eigenvalue weighted by atomic mass is 10.1. The van der Waals surface area contributed by atoms with Crippen LogP contribution in [0, 0.1) is 0 Å². The lowest BCUT2D eigenvalue weighted by Gasteiger charge is -2.07. The first-order valence-corrected chi connectivity index (χ1v) is 7.80. The predicted octanol–water partition coefficient (Wildman–Crippen LogP) is 2.31. The lowest BCUT2D eigenvalue weighted by molar-refractivity contribution is -0.109. The van der Waals surface area contributed by atoms with Gasteiger partial charge in [-0.25, -0.2) is 9.51 Å². The van der Waals surface area contributed by atoms with Gasteiger partial charge in [0.1, 0.15) is 17.2 Å². The first kappa shape index (κ1) is 16.2. The van der Waals surface area contributed by atoms with E-state index in [1.54, 1.807) is 10.7 Å². The Kier molecular flexibility index (Phi) is 4.64. The molecular formula is C16H16ClN5O2. The highest BCUT2D eigenvalue weighted by Crippen LogP contribution is 2.31. The molecule has 8 heteroatoms. The highest BCUT2D eigenvalue weighted by Gasteiger charge is 2.19.